The maximum atomic E-state index is 13.7. The summed E-state index contributed by atoms with van der Waals surface area (Å²) in [4.78, 5) is 13.6. The SMILES string of the molecule is C[C@@H]1C[C@@H](c2ccc(F)cc2)CN1C(=O)C(C)(C)F. The minimum absolute atomic E-state index is 0.0116. The molecule has 0 spiro atoms. The van der Waals surface area contributed by atoms with E-state index in [1.54, 1.807) is 17.0 Å². The van der Waals surface area contributed by atoms with E-state index in [9.17, 15) is 13.6 Å². The minimum atomic E-state index is -1.84. The summed E-state index contributed by atoms with van der Waals surface area (Å²) in [5, 5.41) is 0. The van der Waals surface area contributed by atoms with Crippen molar-refractivity contribution in [3.05, 3.63) is 35.6 Å². The summed E-state index contributed by atoms with van der Waals surface area (Å²) < 4.78 is 26.6. The van der Waals surface area contributed by atoms with Gasteiger partial charge < -0.3 is 4.90 Å². The van der Waals surface area contributed by atoms with Crippen molar-refractivity contribution >= 4 is 5.91 Å². The van der Waals surface area contributed by atoms with Crippen LogP contribution in [0.5, 0.6) is 0 Å². The third-order valence-corrected chi connectivity index (χ3v) is 3.69. The van der Waals surface area contributed by atoms with E-state index in [1.807, 2.05) is 6.92 Å². The molecule has 1 saturated heterocycles. The van der Waals surface area contributed by atoms with Gasteiger partial charge >= 0.3 is 0 Å². The van der Waals surface area contributed by atoms with Gasteiger partial charge in [0.2, 0.25) is 0 Å². The van der Waals surface area contributed by atoms with E-state index in [4.69, 9.17) is 0 Å². The van der Waals surface area contributed by atoms with Crippen LogP contribution in [0.1, 0.15) is 38.7 Å². The fourth-order valence-corrected chi connectivity index (χ4v) is 2.63. The fraction of sp³-hybridized carbons (Fsp3) is 0.533. The highest BCUT2D eigenvalue weighted by atomic mass is 19.1. The van der Waals surface area contributed by atoms with E-state index in [-0.39, 0.29) is 17.8 Å². The number of carbonyl (C=O) groups is 1. The molecule has 1 aliphatic heterocycles. The number of halogens is 2. The average Bonchev–Trinajstić information content (AvgIpc) is 2.70. The van der Waals surface area contributed by atoms with E-state index >= 15 is 0 Å². The highest BCUT2D eigenvalue weighted by Crippen LogP contribution is 2.33. The van der Waals surface area contributed by atoms with Gasteiger partial charge in [0, 0.05) is 18.5 Å². The van der Waals surface area contributed by atoms with Crippen LogP contribution in [0, 0.1) is 5.82 Å². The zero-order chi connectivity index (χ0) is 14.2. The van der Waals surface area contributed by atoms with Crippen LogP contribution >= 0.6 is 0 Å². The topological polar surface area (TPSA) is 20.3 Å². The Balaban J connectivity index is 2.13. The number of carbonyl (C=O) groups excluding carboxylic acids is 1. The number of rotatable bonds is 2. The molecule has 1 fully saturated rings. The van der Waals surface area contributed by atoms with Gasteiger partial charge in [-0.2, -0.15) is 0 Å². The van der Waals surface area contributed by atoms with Gasteiger partial charge in [-0.3, -0.25) is 4.79 Å². The maximum absolute atomic E-state index is 13.7. The third-order valence-electron chi connectivity index (χ3n) is 3.69. The number of benzene rings is 1. The molecule has 2 nitrogen and oxygen atoms in total. The van der Waals surface area contributed by atoms with Crippen molar-refractivity contribution in [3.63, 3.8) is 0 Å². The van der Waals surface area contributed by atoms with Crippen LogP contribution in [0.4, 0.5) is 8.78 Å². The van der Waals surface area contributed by atoms with Crippen LogP contribution in [0.25, 0.3) is 0 Å². The van der Waals surface area contributed by atoms with Gasteiger partial charge in [-0.05, 0) is 44.9 Å². The van der Waals surface area contributed by atoms with Gasteiger partial charge in [-0.1, -0.05) is 12.1 Å². The Morgan fingerprint density at radius 2 is 1.89 bits per heavy atom. The van der Waals surface area contributed by atoms with Crippen LogP contribution in [0.3, 0.4) is 0 Å². The zero-order valence-corrected chi connectivity index (χ0v) is 11.5. The van der Waals surface area contributed by atoms with Crippen LogP contribution < -0.4 is 0 Å². The molecule has 0 saturated carbocycles. The second-order valence-corrected chi connectivity index (χ2v) is 5.76. The molecule has 1 amide bonds. The Hall–Kier alpha value is -1.45. The summed E-state index contributed by atoms with van der Waals surface area (Å²) in [6, 6.07) is 6.33. The minimum Gasteiger partial charge on any atom is -0.337 e. The Bertz CT molecular complexity index is 464. The first-order valence-corrected chi connectivity index (χ1v) is 6.54. The standard InChI is InChI=1S/C15H19F2NO/c1-10-8-12(11-4-6-13(16)7-5-11)9-18(10)14(19)15(2,3)17/h4-7,10,12H,8-9H2,1-3H3/t10-,12-/m1/s1. The molecule has 0 bridgehead atoms. The molecule has 0 radical (unpaired) electrons. The molecule has 0 unspecified atom stereocenters. The fourth-order valence-electron chi connectivity index (χ4n) is 2.63. The lowest BCUT2D eigenvalue weighted by Gasteiger charge is -2.26. The van der Waals surface area contributed by atoms with Gasteiger partial charge in [0.15, 0.2) is 5.67 Å². The molecule has 1 heterocycles. The van der Waals surface area contributed by atoms with Crippen molar-refractivity contribution in [2.24, 2.45) is 0 Å². The van der Waals surface area contributed by atoms with Crippen LogP contribution in [0.2, 0.25) is 0 Å². The van der Waals surface area contributed by atoms with E-state index in [1.165, 1.54) is 26.0 Å². The van der Waals surface area contributed by atoms with E-state index < -0.39 is 11.6 Å². The first-order valence-electron chi connectivity index (χ1n) is 6.54. The number of alkyl halides is 1. The molecule has 4 heteroatoms. The smallest absolute Gasteiger partial charge is 0.259 e. The Kier molecular flexibility index (Phi) is 3.61. The van der Waals surface area contributed by atoms with Gasteiger partial charge in [-0.15, -0.1) is 0 Å². The summed E-state index contributed by atoms with van der Waals surface area (Å²) in [5.41, 5.74) is -0.841. The number of hydrogen-bond acceptors (Lipinski definition) is 1. The van der Waals surface area contributed by atoms with Crippen molar-refractivity contribution in [1.82, 2.24) is 4.90 Å². The molecule has 2 atom stereocenters. The van der Waals surface area contributed by atoms with Crippen molar-refractivity contribution in [1.29, 1.82) is 0 Å². The highest BCUT2D eigenvalue weighted by Gasteiger charge is 2.39. The highest BCUT2D eigenvalue weighted by molar-refractivity contribution is 5.84. The second kappa shape index (κ2) is 4.91. The maximum Gasteiger partial charge on any atom is 0.259 e. The molecule has 0 N–H and O–H groups in total. The normalized spacial score (nSPS) is 23.7. The lowest BCUT2D eigenvalue weighted by atomic mass is 9.97. The first kappa shape index (κ1) is 14.0. The summed E-state index contributed by atoms with van der Waals surface area (Å²) in [6.07, 6.45) is 0.785. The number of likely N-dealkylation sites (tertiary alicyclic amines) is 1. The van der Waals surface area contributed by atoms with Crippen molar-refractivity contribution in [2.75, 3.05) is 6.54 Å². The largest absolute Gasteiger partial charge is 0.337 e. The molecule has 1 aliphatic rings. The van der Waals surface area contributed by atoms with Crippen molar-refractivity contribution < 1.29 is 13.6 Å². The van der Waals surface area contributed by atoms with Crippen LogP contribution in [-0.2, 0) is 4.79 Å². The summed E-state index contributed by atoms with van der Waals surface area (Å²) in [6.45, 7) is 4.99. The molecule has 0 aromatic heterocycles. The van der Waals surface area contributed by atoms with Gasteiger partial charge in [0.25, 0.3) is 5.91 Å². The predicted molar refractivity (Wildman–Crippen MR) is 70.1 cm³/mol. The van der Waals surface area contributed by atoms with Crippen molar-refractivity contribution in [3.8, 4) is 0 Å². The number of hydrogen-bond donors (Lipinski definition) is 0. The molecular weight excluding hydrogens is 248 g/mol. The molecule has 1 aromatic carbocycles. The van der Waals surface area contributed by atoms with E-state index in [0.717, 1.165) is 12.0 Å². The average molecular weight is 267 g/mol. The zero-order valence-electron chi connectivity index (χ0n) is 11.5. The Labute approximate surface area is 112 Å². The molecule has 0 aliphatic carbocycles. The number of nitrogens with zero attached hydrogens (tertiary/aromatic N) is 1. The summed E-state index contributed by atoms with van der Waals surface area (Å²) in [5.74, 6) is -0.584. The van der Waals surface area contributed by atoms with Gasteiger partial charge in [-0.25, -0.2) is 8.78 Å². The predicted octanol–water partition coefficient (Wildman–Crippen LogP) is 3.28. The second-order valence-electron chi connectivity index (χ2n) is 5.76. The van der Waals surface area contributed by atoms with Crippen LogP contribution in [0.15, 0.2) is 24.3 Å². The van der Waals surface area contributed by atoms with Crippen LogP contribution in [-0.4, -0.2) is 29.1 Å². The molecule has 19 heavy (non-hydrogen) atoms. The quantitative estimate of drug-likeness (QED) is 0.805. The van der Waals surface area contributed by atoms with E-state index in [2.05, 4.69) is 0 Å². The third kappa shape index (κ3) is 2.94. The number of amides is 1. The summed E-state index contributed by atoms with van der Waals surface area (Å²) >= 11 is 0. The molecule has 2 rings (SSSR count). The first-order chi connectivity index (χ1) is 8.79. The van der Waals surface area contributed by atoms with Crippen molar-refractivity contribution in [2.45, 2.75) is 44.8 Å². The lowest BCUT2D eigenvalue weighted by molar-refractivity contribution is -0.142. The van der Waals surface area contributed by atoms with Gasteiger partial charge in [0.1, 0.15) is 5.82 Å². The molecule has 104 valence electrons. The van der Waals surface area contributed by atoms with Gasteiger partial charge in [0.05, 0.1) is 0 Å². The molecular formula is C15H19F2NO. The Morgan fingerprint density at radius 3 is 2.42 bits per heavy atom. The van der Waals surface area contributed by atoms with E-state index in [0.29, 0.717) is 6.54 Å². The monoisotopic (exact) mass is 267 g/mol. The molecule has 1 aromatic rings. The lowest BCUT2D eigenvalue weighted by Crippen LogP contribution is -2.44. The Morgan fingerprint density at radius 1 is 1.32 bits per heavy atom. The summed E-state index contributed by atoms with van der Waals surface area (Å²) in [7, 11) is 0.